The Kier molecular flexibility index (Phi) is 6.03. The molecule has 2 aromatic carbocycles. The fourth-order valence-electron chi connectivity index (χ4n) is 5.67. The van der Waals surface area contributed by atoms with Gasteiger partial charge in [-0.3, -0.25) is 9.98 Å². The first kappa shape index (κ1) is 22.8. The third-order valence-electron chi connectivity index (χ3n) is 6.83. The lowest BCUT2D eigenvalue weighted by atomic mass is 9.78. The molecule has 1 aliphatic carbocycles. The SMILES string of the molecule is CC(C)=NC1(OC(C)C)CC2(CCCc3ccccc3C2)Oc2ccc(-c3cccnc3)cc21. The second kappa shape index (κ2) is 8.99. The van der Waals surface area contributed by atoms with Gasteiger partial charge in [0.25, 0.3) is 0 Å². The van der Waals surface area contributed by atoms with Crippen molar-refractivity contribution < 1.29 is 9.47 Å². The fraction of sp³-hybridized carbons (Fsp3) is 0.400. The average Bonchev–Trinajstić information content (AvgIpc) is 2.97. The van der Waals surface area contributed by atoms with Crippen LogP contribution < -0.4 is 4.74 Å². The van der Waals surface area contributed by atoms with Crippen molar-refractivity contribution in [3.05, 3.63) is 83.7 Å². The van der Waals surface area contributed by atoms with Crippen molar-refractivity contribution in [1.82, 2.24) is 4.98 Å². The number of aliphatic imine (C=N–C) groups is 1. The summed E-state index contributed by atoms with van der Waals surface area (Å²) in [5.41, 5.74) is 5.85. The topological polar surface area (TPSA) is 43.7 Å². The van der Waals surface area contributed by atoms with E-state index in [1.165, 1.54) is 11.1 Å². The summed E-state index contributed by atoms with van der Waals surface area (Å²) in [7, 11) is 0. The molecule has 34 heavy (non-hydrogen) atoms. The molecule has 176 valence electrons. The van der Waals surface area contributed by atoms with Crippen molar-refractivity contribution in [3.8, 4) is 16.9 Å². The summed E-state index contributed by atoms with van der Waals surface area (Å²) in [4.78, 5) is 9.54. The number of pyridine rings is 1. The van der Waals surface area contributed by atoms with Crippen molar-refractivity contribution in [2.24, 2.45) is 4.99 Å². The minimum atomic E-state index is -0.794. The minimum Gasteiger partial charge on any atom is -0.486 e. The van der Waals surface area contributed by atoms with Gasteiger partial charge in [-0.15, -0.1) is 0 Å². The van der Waals surface area contributed by atoms with Crippen molar-refractivity contribution in [1.29, 1.82) is 0 Å². The standard InChI is InChI=1S/C30H34N2O2/c1-21(2)32-30(33-22(3)4)20-29(15-7-11-23-9-5-6-10-25(23)18-29)34-28-14-13-24(17-27(28)30)26-12-8-16-31-19-26/h5-6,8-10,12-14,16-17,19,22H,7,11,15,18,20H2,1-4H3. The minimum absolute atomic E-state index is 0.0196. The number of fused-ring (bicyclic) bond motifs is 2. The molecular weight excluding hydrogens is 420 g/mol. The Morgan fingerprint density at radius 1 is 1.03 bits per heavy atom. The lowest BCUT2D eigenvalue weighted by Crippen LogP contribution is -2.50. The van der Waals surface area contributed by atoms with E-state index < -0.39 is 5.72 Å². The summed E-state index contributed by atoms with van der Waals surface area (Å²) < 4.78 is 13.7. The zero-order valence-electron chi connectivity index (χ0n) is 20.7. The molecule has 0 saturated carbocycles. The van der Waals surface area contributed by atoms with Crippen LogP contribution in [0.5, 0.6) is 5.75 Å². The summed E-state index contributed by atoms with van der Waals surface area (Å²) in [6, 6.07) is 19.3. The van der Waals surface area contributed by atoms with Crippen molar-refractivity contribution in [3.63, 3.8) is 0 Å². The van der Waals surface area contributed by atoms with Crippen molar-refractivity contribution in [2.45, 2.75) is 77.2 Å². The molecule has 1 aliphatic heterocycles. The number of ether oxygens (including phenoxy) is 2. The number of hydrogen-bond acceptors (Lipinski definition) is 4. The van der Waals surface area contributed by atoms with E-state index in [2.05, 4.69) is 81.2 Å². The smallest absolute Gasteiger partial charge is 0.192 e. The molecule has 2 atom stereocenters. The molecule has 3 aromatic rings. The van der Waals surface area contributed by atoms with Crippen LogP contribution in [-0.4, -0.2) is 22.4 Å². The van der Waals surface area contributed by atoms with E-state index in [4.69, 9.17) is 14.5 Å². The second-order valence-electron chi connectivity index (χ2n) is 10.2. The Labute approximate surface area is 203 Å². The zero-order chi connectivity index (χ0) is 23.8. The van der Waals surface area contributed by atoms with Gasteiger partial charge in [0, 0.05) is 42.1 Å². The number of benzene rings is 2. The van der Waals surface area contributed by atoms with Crippen LogP contribution in [0.25, 0.3) is 11.1 Å². The largest absolute Gasteiger partial charge is 0.486 e. The molecule has 4 nitrogen and oxygen atoms in total. The lowest BCUT2D eigenvalue weighted by molar-refractivity contribution is -0.140. The predicted octanol–water partition coefficient (Wildman–Crippen LogP) is 6.91. The Morgan fingerprint density at radius 3 is 2.59 bits per heavy atom. The van der Waals surface area contributed by atoms with Crippen LogP contribution in [-0.2, 0) is 23.3 Å². The summed E-state index contributed by atoms with van der Waals surface area (Å²) in [6.45, 7) is 8.30. The van der Waals surface area contributed by atoms with Crippen LogP contribution in [0.2, 0.25) is 0 Å². The quantitative estimate of drug-likeness (QED) is 0.402. The van der Waals surface area contributed by atoms with Crippen molar-refractivity contribution in [2.75, 3.05) is 0 Å². The third-order valence-corrected chi connectivity index (χ3v) is 6.83. The zero-order valence-corrected chi connectivity index (χ0v) is 20.7. The van der Waals surface area contributed by atoms with E-state index in [0.29, 0.717) is 6.42 Å². The maximum Gasteiger partial charge on any atom is 0.192 e. The Balaban J connectivity index is 1.67. The van der Waals surface area contributed by atoms with E-state index >= 15 is 0 Å². The highest BCUT2D eigenvalue weighted by Gasteiger charge is 2.51. The first-order valence-electron chi connectivity index (χ1n) is 12.4. The molecule has 2 heterocycles. The van der Waals surface area contributed by atoms with Gasteiger partial charge < -0.3 is 9.47 Å². The molecule has 5 rings (SSSR count). The first-order valence-corrected chi connectivity index (χ1v) is 12.4. The predicted molar refractivity (Wildman–Crippen MR) is 137 cm³/mol. The van der Waals surface area contributed by atoms with Crippen LogP contribution in [0, 0.1) is 0 Å². The number of rotatable bonds is 4. The van der Waals surface area contributed by atoms with Crippen LogP contribution in [0.1, 0.15) is 63.6 Å². The van der Waals surface area contributed by atoms with Gasteiger partial charge in [-0.05, 0) is 81.8 Å². The molecule has 0 bridgehead atoms. The summed E-state index contributed by atoms with van der Waals surface area (Å²) in [6.07, 6.45) is 8.44. The molecule has 2 unspecified atom stereocenters. The van der Waals surface area contributed by atoms with Gasteiger partial charge in [0.2, 0.25) is 0 Å². The van der Waals surface area contributed by atoms with E-state index in [-0.39, 0.29) is 11.7 Å². The normalized spacial score (nSPS) is 23.6. The monoisotopic (exact) mass is 454 g/mol. The van der Waals surface area contributed by atoms with Gasteiger partial charge in [0.15, 0.2) is 5.72 Å². The Bertz CT molecular complexity index is 1200. The Hall–Kier alpha value is -2.98. The van der Waals surface area contributed by atoms with E-state index in [1.54, 1.807) is 6.20 Å². The molecule has 1 spiro atoms. The van der Waals surface area contributed by atoms with Gasteiger partial charge in [-0.1, -0.05) is 36.4 Å². The highest BCUT2D eigenvalue weighted by molar-refractivity contribution is 5.80. The van der Waals surface area contributed by atoms with Crippen LogP contribution in [0.4, 0.5) is 0 Å². The molecule has 1 aromatic heterocycles. The van der Waals surface area contributed by atoms with Gasteiger partial charge in [0.05, 0.1) is 6.10 Å². The molecule has 0 saturated heterocycles. The molecule has 0 radical (unpaired) electrons. The van der Waals surface area contributed by atoms with Gasteiger partial charge >= 0.3 is 0 Å². The first-order chi connectivity index (χ1) is 16.4. The molecule has 0 N–H and O–H groups in total. The second-order valence-corrected chi connectivity index (χ2v) is 10.2. The molecular formula is C30H34N2O2. The van der Waals surface area contributed by atoms with Crippen LogP contribution in [0.3, 0.4) is 0 Å². The number of hydrogen-bond donors (Lipinski definition) is 0. The highest BCUT2D eigenvalue weighted by Crippen LogP contribution is 2.52. The number of aromatic nitrogens is 1. The molecule has 2 aliphatic rings. The van der Waals surface area contributed by atoms with E-state index in [9.17, 15) is 0 Å². The van der Waals surface area contributed by atoms with Gasteiger partial charge in [-0.25, -0.2) is 0 Å². The summed E-state index contributed by atoms with van der Waals surface area (Å²) >= 11 is 0. The third kappa shape index (κ3) is 4.39. The van der Waals surface area contributed by atoms with E-state index in [0.717, 1.165) is 53.8 Å². The summed E-state index contributed by atoms with van der Waals surface area (Å²) in [5.74, 6) is 0.879. The Morgan fingerprint density at radius 2 is 1.85 bits per heavy atom. The fourth-order valence-corrected chi connectivity index (χ4v) is 5.67. The van der Waals surface area contributed by atoms with Crippen LogP contribution >= 0.6 is 0 Å². The van der Waals surface area contributed by atoms with Crippen molar-refractivity contribution >= 4 is 5.71 Å². The summed E-state index contributed by atoms with van der Waals surface area (Å²) in [5, 5.41) is 0. The highest BCUT2D eigenvalue weighted by atomic mass is 16.5. The maximum absolute atomic E-state index is 6.94. The average molecular weight is 455 g/mol. The molecule has 0 fully saturated rings. The van der Waals surface area contributed by atoms with Gasteiger partial charge in [-0.2, -0.15) is 0 Å². The molecule has 4 heteroatoms. The number of aryl methyl sites for hydroxylation is 1. The van der Waals surface area contributed by atoms with E-state index in [1.807, 2.05) is 12.3 Å². The van der Waals surface area contributed by atoms with Crippen LogP contribution in [0.15, 0.2) is 72.0 Å². The van der Waals surface area contributed by atoms with Gasteiger partial charge in [0.1, 0.15) is 11.4 Å². The lowest BCUT2D eigenvalue weighted by Gasteiger charge is -2.47. The molecule has 0 amide bonds. The maximum atomic E-state index is 6.94. The number of nitrogens with zero attached hydrogens (tertiary/aromatic N) is 2.